The van der Waals surface area contributed by atoms with Crippen LogP contribution in [-0.4, -0.2) is 29.2 Å². The fourth-order valence-corrected chi connectivity index (χ4v) is 3.87. The molecule has 122 valence electrons. The van der Waals surface area contributed by atoms with Crippen LogP contribution in [0.1, 0.15) is 66.7 Å². The molecular weight excluding hydrogens is 268 g/mol. The largest absolute Gasteiger partial charge is 0.481 e. The van der Waals surface area contributed by atoms with Gasteiger partial charge in [-0.3, -0.25) is 4.79 Å². The van der Waals surface area contributed by atoms with Crippen molar-refractivity contribution in [1.82, 2.24) is 10.6 Å². The van der Waals surface area contributed by atoms with Crippen LogP contribution >= 0.6 is 0 Å². The van der Waals surface area contributed by atoms with E-state index in [1.54, 1.807) is 0 Å². The summed E-state index contributed by atoms with van der Waals surface area (Å²) in [5, 5.41) is 14.6. The molecule has 5 heteroatoms. The number of rotatable bonds is 5. The molecular formula is C16H30N2O3. The molecule has 21 heavy (non-hydrogen) atoms. The number of carboxylic acid groups (broad SMARTS) is 1. The molecule has 0 bridgehead atoms. The molecule has 5 nitrogen and oxygen atoms in total. The molecule has 3 N–H and O–H groups in total. The minimum Gasteiger partial charge on any atom is -0.481 e. The van der Waals surface area contributed by atoms with E-state index in [1.165, 1.54) is 0 Å². The fraction of sp³-hybridized carbons (Fsp3) is 0.875. The predicted molar refractivity (Wildman–Crippen MR) is 83.2 cm³/mol. The summed E-state index contributed by atoms with van der Waals surface area (Å²) in [5.41, 5.74) is 0.426. The number of amides is 2. The third-order valence-corrected chi connectivity index (χ3v) is 4.14. The van der Waals surface area contributed by atoms with Gasteiger partial charge in [-0.05, 0) is 36.5 Å². The Hall–Kier alpha value is -1.26. The van der Waals surface area contributed by atoms with Crippen LogP contribution in [0.3, 0.4) is 0 Å². The number of urea groups is 1. The van der Waals surface area contributed by atoms with Crippen molar-refractivity contribution in [2.45, 2.75) is 78.8 Å². The van der Waals surface area contributed by atoms with Gasteiger partial charge in [0, 0.05) is 12.1 Å². The second kappa shape index (κ2) is 6.67. The lowest BCUT2D eigenvalue weighted by Crippen LogP contribution is -2.51. The predicted octanol–water partition coefficient (Wildman–Crippen LogP) is 3.14. The Balaban J connectivity index is 2.55. The lowest BCUT2D eigenvalue weighted by Gasteiger charge is -2.45. The van der Waals surface area contributed by atoms with Gasteiger partial charge >= 0.3 is 12.0 Å². The van der Waals surface area contributed by atoms with Crippen LogP contribution in [0.15, 0.2) is 0 Å². The van der Waals surface area contributed by atoms with E-state index in [2.05, 4.69) is 38.3 Å². The van der Waals surface area contributed by atoms with Crippen LogP contribution in [0.25, 0.3) is 0 Å². The Morgan fingerprint density at radius 2 is 1.71 bits per heavy atom. The van der Waals surface area contributed by atoms with E-state index in [4.69, 9.17) is 5.11 Å². The van der Waals surface area contributed by atoms with Gasteiger partial charge in [-0.15, -0.1) is 0 Å². The zero-order valence-electron chi connectivity index (χ0n) is 14.0. The summed E-state index contributed by atoms with van der Waals surface area (Å²) in [6, 6.07) is -0.417. The van der Waals surface area contributed by atoms with Crippen molar-refractivity contribution in [3.63, 3.8) is 0 Å². The van der Waals surface area contributed by atoms with Crippen molar-refractivity contribution < 1.29 is 14.7 Å². The highest BCUT2D eigenvalue weighted by molar-refractivity contribution is 5.76. The molecule has 0 aliphatic heterocycles. The van der Waals surface area contributed by atoms with E-state index in [0.29, 0.717) is 6.42 Å². The molecule has 0 aromatic rings. The van der Waals surface area contributed by atoms with Crippen LogP contribution < -0.4 is 10.6 Å². The van der Waals surface area contributed by atoms with E-state index < -0.39 is 5.97 Å². The Morgan fingerprint density at radius 1 is 1.19 bits per heavy atom. The standard InChI is InChI=1S/C16H30N2O3/c1-6-11(7-13(19)20)17-14(21)18-12-8-15(2,3)10-16(4,5)9-12/h11-12H,6-10H2,1-5H3,(H,19,20)(H2,17,18,21). The van der Waals surface area contributed by atoms with Crippen LogP contribution in [0.4, 0.5) is 4.79 Å². The maximum atomic E-state index is 12.1. The zero-order chi connectivity index (χ0) is 16.3. The quantitative estimate of drug-likeness (QED) is 0.729. The van der Waals surface area contributed by atoms with Crippen molar-refractivity contribution in [1.29, 1.82) is 0 Å². The highest BCUT2D eigenvalue weighted by Crippen LogP contribution is 2.45. The molecule has 0 aromatic heterocycles. The fourth-order valence-electron chi connectivity index (χ4n) is 3.87. The maximum Gasteiger partial charge on any atom is 0.315 e. The lowest BCUT2D eigenvalue weighted by atomic mass is 9.63. The molecule has 0 spiro atoms. The van der Waals surface area contributed by atoms with Crippen LogP contribution in [0.2, 0.25) is 0 Å². The summed E-state index contributed by atoms with van der Waals surface area (Å²) in [4.78, 5) is 22.8. The van der Waals surface area contributed by atoms with Gasteiger partial charge in [0.1, 0.15) is 0 Å². The van der Waals surface area contributed by atoms with E-state index in [9.17, 15) is 9.59 Å². The maximum absolute atomic E-state index is 12.1. The molecule has 1 rings (SSSR count). The topological polar surface area (TPSA) is 78.4 Å². The van der Waals surface area contributed by atoms with E-state index in [0.717, 1.165) is 19.3 Å². The summed E-state index contributed by atoms with van der Waals surface area (Å²) in [6.07, 6.45) is 3.64. The molecule has 1 aliphatic rings. The molecule has 1 atom stereocenters. The van der Waals surface area contributed by atoms with Gasteiger partial charge in [0.15, 0.2) is 0 Å². The second-order valence-corrected chi connectivity index (χ2v) is 7.93. The smallest absolute Gasteiger partial charge is 0.315 e. The van der Waals surface area contributed by atoms with Gasteiger partial charge in [0.2, 0.25) is 0 Å². The van der Waals surface area contributed by atoms with Gasteiger partial charge in [-0.2, -0.15) is 0 Å². The van der Waals surface area contributed by atoms with Crippen molar-refractivity contribution in [3.05, 3.63) is 0 Å². The minimum absolute atomic E-state index is 0.0361. The monoisotopic (exact) mass is 298 g/mol. The van der Waals surface area contributed by atoms with Crippen LogP contribution in [-0.2, 0) is 4.79 Å². The normalized spacial score (nSPS) is 22.3. The first-order valence-electron chi connectivity index (χ1n) is 7.82. The molecule has 1 unspecified atom stereocenters. The van der Waals surface area contributed by atoms with E-state index in [-0.39, 0.29) is 35.4 Å². The third-order valence-electron chi connectivity index (χ3n) is 4.14. The summed E-state index contributed by atoms with van der Waals surface area (Å²) >= 11 is 0. The van der Waals surface area contributed by atoms with Crippen molar-refractivity contribution in [3.8, 4) is 0 Å². The zero-order valence-corrected chi connectivity index (χ0v) is 14.0. The second-order valence-electron chi connectivity index (χ2n) is 7.93. The van der Waals surface area contributed by atoms with Gasteiger partial charge in [-0.25, -0.2) is 4.79 Å². The molecule has 1 aliphatic carbocycles. The highest BCUT2D eigenvalue weighted by atomic mass is 16.4. The molecule has 0 saturated heterocycles. The number of hydrogen-bond donors (Lipinski definition) is 3. The molecule has 1 saturated carbocycles. The first kappa shape index (κ1) is 17.8. The highest BCUT2D eigenvalue weighted by Gasteiger charge is 2.38. The number of hydrogen-bond acceptors (Lipinski definition) is 2. The van der Waals surface area contributed by atoms with E-state index >= 15 is 0 Å². The van der Waals surface area contributed by atoms with Crippen molar-refractivity contribution in [2.24, 2.45) is 10.8 Å². The summed E-state index contributed by atoms with van der Waals surface area (Å²) in [5.74, 6) is -0.887. The molecule has 0 aromatic carbocycles. The van der Waals surface area contributed by atoms with E-state index in [1.807, 2.05) is 6.92 Å². The third kappa shape index (κ3) is 6.36. The number of carbonyl (C=O) groups is 2. The molecule has 0 heterocycles. The number of carbonyl (C=O) groups excluding carboxylic acids is 1. The average molecular weight is 298 g/mol. The Morgan fingerprint density at radius 3 is 2.14 bits per heavy atom. The Kier molecular flexibility index (Phi) is 5.65. The van der Waals surface area contributed by atoms with Gasteiger partial charge < -0.3 is 15.7 Å². The SMILES string of the molecule is CCC(CC(=O)O)NC(=O)NC1CC(C)(C)CC(C)(C)C1. The van der Waals surface area contributed by atoms with Gasteiger partial charge in [0.25, 0.3) is 0 Å². The first-order chi connectivity index (χ1) is 9.53. The van der Waals surface area contributed by atoms with Crippen LogP contribution in [0, 0.1) is 10.8 Å². The Bertz CT molecular complexity index is 375. The number of nitrogens with one attached hydrogen (secondary N) is 2. The Labute approximate surface area is 127 Å². The van der Waals surface area contributed by atoms with Crippen LogP contribution in [0.5, 0.6) is 0 Å². The molecule has 2 amide bonds. The number of aliphatic carboxylic acids is 1. The van der Waals surface area contributed by atoms with Gasteiger partial charge in [-0.1, -0.05) is 34.6 Å². The average Bonchev–Trinajstić information content (AvgIpc) is 2.22. The molecule has 0 radical (unpaired) electrons. The van der Waals surface area contributed by atoms with Gasteiger partial charge in [0.05, 0.1) is 6.42 Å². The van der Waals surface area contributed by atoms with Crippen molar-refractivity contribution in [2.75, 3.05) is 0 Å². The summed E-state index contributed by atoms with van der Waals surface area (Å²) in [7, 11) is 0. The van der Waals surface area contributed by atoms with Crippen molar-refractivity contribution >= 4 is 12.0 Å². The lowest BCUT2D eigenvalue weighted by molar-refractivity contribution is -0.137. The summed E-state index contributed by atoms with van der Waals surface area (Å²) < 4.78 is 0. The molecule has 1 fully saturated rings. The number of carboxylic acids is 1. The summed E-state index contributed by atoms with van der Waals surface area (Å²) in [6.45, 7) is 10.8. The first-order valence-corrected chi connectivity index (χ1v) is 7.82. The minimum atomic E-state index is -0.887.